The summed E-state index contributed by atoms with van der Waals surface area (Å²) in [4.78, 5) is 32.5. The van der Waals surface area contributed by atoms with Gasteiger partial charge in [0, 0.05) is 5.56 Å². The summed E-state index contributed by atoms with van der Waals surface area (Å²) in [6.45, 7) is 4.43. The molecular weight excluding hydrogens is 479 g/mol. The van der Waals surface area contributed by atoms with E-state index in [0.29, 0.717) is 33.7 Å². The lowest BCUT2D eigenvalue weighted by Crippen LogP contribution is -2.29. The molecule has 36 heavy (non-hydrogen) atoms. The molecule has 1 fully saturated rings. The number of aromatic nitrogens is 1. The number of benzene rings is 3. The smallest absolute Gasteiger partial charge is 0.301 e. The minimum absolute atomic E-state index is 0.0399. The number of fused-ring (bicyclic) bond motifs is 1. The van der Waals surface area contributed by atoms with Crippen molar-refractivity contribution in [3.8, 4) is 5.75 Å². The Balaban J connectivity index is 1.68. The number of aliphatic hydroxyl groups is 1. The van der Waals surface area contributed by atoms with Crippen LogP contribution in [0.2, 0.25) is 0 Å². The molecular formula is C28H23FN2O4S. The van der Waals surface area contributed by atoms with Crippen LogP contribution in [0, 0.1) is 12.7 Å². The third-order valence-corrected chi connectivity index (χ3v) is 6.98. The second-order valence-corrected chi connectivity index (χ2v) is 9.57. The summed E-state index contributed by atoms with van der Waals surface area (Å²) in [7, 11) is 0. The second-order valence-electron chi connectivity index (χ2n) is 8.56. The van der Waals surface area contributed by atoms with Crippen molar-refractivity contribution in [1.29, 1.82) is 0 Å². The van der Waals surface area contributed by atoms with Crippen LogP contribution in [0.4, 0.5) is 9.52 Å². The molecule has 182 valence electrons. The first kappa shape index (κ1) is 23.7. The molecule has 1 amide bonds. The van der Waals surface area contributed by atoms with Gasteiger partial charge in [-0.15, -0.1) is 0 Å². The molecule has 1 unspecified atom stereocenters. The first-order valence-corrected chi connectivity index (χ1v) is 12.4. The lowest BCUT2D eigenvalue weighted by Gasteiger charge is -2.23. The van der Waals surface area contributed by atoms with E-state index < -0.39 is 23.5 Å². The van der Waals surface area contributed by atoms with E-state index in [2.05, 4.69) is 4.98 Å². The zero-order valence-electron chi connectivity index (χ0n) is 19.7. The Morgan fingerprint density at radius 1 is 1.11 bits per heavy atom. The van der Waals surface area contributed by atoms with Crippen LogP contribution in [0.15, 0.2) is 72.3 Å². The van der Waals surface area contributed by atoms with Crippen LogP contribution in [0.5, 0.6) is 5.75 Å². The summed E-state index contributed by atoms with van der Waals surface area (Å²) < 4.78 is 20.0. The Bertz CT molecular complexity index is 1510. The number of thiazole rings is 1. The summed E-state index contributed by atoms with van der Waals surface area (Å²) >= 11 is 1.11. The third-order valence-electron chi connectivity index (χ3n) is 5.96. The molecule has 0 radical (unpaired) electrons. The number of carbonyl (C=O) groups is 2. The largest absolute Gasteiger partial charge is 0.507 e. The Hall–Kier alpha value is -4.04. The standard InChI is InChI=1S/C28H23FN2O4S/c1-3-13-35-20-6-4-5-18(14-20)25(32)23-24(17-9-7-16(2)8-10-17)31(27(34)26(23)33)28-30-21-12-11-19(29)15-22(21)36-28/h4-12,14-15,24,32H,3,13H2,1-2H3. The molecule has 8 heteroatoms. The second kappa shape index (κ2) is 9.54. The maximum atomic E-state index is 13.8. The van der Waals surface area contributed by atoms with E-state index in [1.54, 1.807) is 24.3 Å². The van der Waals surface area contributed by atoms with Crippen LogP contribution < -0.4 is 9.64 Å². The fraction of sp³-hybridized carbons (Fsp3) is 0.179. The first-order chi connectivity index (χ1) is 17.4. The van der Waals surface area contributed by atoms with Crippen molar-refractivity contribution in [2.75, 3.05) is 11.5 Å². The molecule has 1 N–H and O–H groups in total. The predicted molar refractivity (Wildman–Crippen MR) is 138 cm³/mol. The monoisotopic (exact) mass is 502 g/mol. The molecule has 3 aromatic carbocycles. The minimum Gasteiger partial charge on any atom is -0.507 e. The number of amides is 1. The number of hydrogen-bond acceptors (Lipinski definition) is 6. The molecule has 6 nitrogen and oxygen atoms in total. The number of ketones is 1. The van der Waals surface area contributed by atoms with Crippen LogP contribution in [-0.4, -0.2) is 28.4 Å². The predicted octanol–water partition coefficient (Wildman–Crippen LogP) is 6.16. The van der Waals surface area contributed by atoms with Crippen LogP contribution in [0.1, 0.15) is 36.1 Å². The van der Waals surface area contributed by atoms with Crippen LogP contribution >= 0.6 is 11.3 Å². The van der Waals surface area contributed by atoms with Crippen LogP contribution in [-0.2, 0) is 9.59 Å². The van der Waals surface area contributed by atoms with Crippen molar-refractivity contribution in [2.24, 2.45) is 0 Å². The van der Waals surface area contributed by atoms with E-state index >= 15 is 0 Å². The van der Waals surface area contributed by atoms with Gasteiger partial charge in [-0.1, -0.05) is 60.2 Å². The van der Waals surface area contributed by atoms with Crippen molar-refractivity contribution in [2.45, 2.75) is 26.3 Å². The van der Waals surface area contributed by atoms with E-state index in [0.717, 1.165) is 23.3 Å². The molecule has 0 spiro atoms. The lowest BCUT2D eigenvalue weighted by atomic mass is 9.95. The van der Waals surface area contributed by atoms with Gasteiger partial charge in [-0.2, -0.15) is 0 Å². The Morgan fingerprint density at radius 3 is 2.64 bits per heavy atom. The number of aliphatic hydroxyl groups excluding tert-OH is 1. The highest BCUT2D eigenvalue weighted by molar-refractivity contribution is 7.22. The number of carbonyl (C=O) groups excluding carboxylic acids is 2. The fourth-order valence-electron chi connectivity index (χ4n) is 4.19. The Labute approximate surface area is 211 Å². The highest BCUT2D eigenvalue weighted by Crippen LogP contribution is 2.44. The van der Waals surface area contributed by atoms with Gasteiger partial charge in [-0.3, -0.25) is 14.5 Å². The van der Waals surface area contributed by atoms with Gasteiger partial charge in [-0.05, 0) is 49.2 Å². The van der Waals surface area contributed by atoms with E-state index in [4.69, 9.17) is 4.74 Å². The van der Waals surface area contributed by atoms with E-state index in [1.807, 2.05) is 38.1 Å². The first-order valence-electron chi connectivity index (χ1n) is 11.5. The topological polar surface area (TPSA) is 79.7 Å². The summed E-state index contributed by atoms with van der Waals surface area (Å²) in [5.74, 6) is -1.78. The van der Waals surface area contributed by atoms with Gasteiger partial charge in [0.25, 0.3) is 5.78 Å². The van der Waals surface area contributed by atoms with Gasteiger partial charge in [-0.25, -0.2) is 9.37 Å². The lowest BCUT2D eigenvalue weighted by molar-refractivity contribution is -0.132. The van der Waals surface area contributed by atoms with Crippen LogP contribution in [0.25, 0.3) is 16.0 Å². The molecule has 5 rings (SSSR count). The summed E-state index contributed by atoms with van der Waals surface area (Å²) in [5.41, 5.74) is 2.49. The number of anilines is 1. The normalized spacial score (nSPS) is 17.2. The van der Waals surface area contributed by atoms with Gasteiger partial charge >= 0.3 is 5.91 Å². The van der Waals surface area contributed by atoms with Crippen molar-refractivity contribution >= 4 is 44.1 Å². The molecule has 1 aliphatic rings. The molecule has 0 aliphatic carbocycles. The SMILES string of the molecule is CCCOc1cccc(C(O)=C2C(=O)C(=O)N(c3nc4ccc(F)cc4s3)C2c2ccc(C)cc2)c1. The van der Waals surface area contributed by atoms with Gasteiger partial charge in [0.15, 0.2) is 5.13 Å². The van der Waals surface area contributed by atoms with E-state index in [9.17, 15) is 19.1 Å². The number of Topliss-reactive ketones (excluding diaryl/α,β-unsaturated/α-hetero) is 1. The van der Waals surface area contributed by atoms with E-state index in [-0.39, 0.29) is 16.5 Å². The number of halogens is 1. The summed E-state index contributed by atoms with van der Waals surface area (Å²) in [5, 5.41) is 11.6. The maximum Gasteiger partial charge on any atom is 0.301 e. The van der Waals surface area contributed by atoms with Gasteiger partial charge in [0.2, 0.25) is 0 Å². The zero-order valence-corrected chi connectivity index (χ0v) is 20.5. The number of ether oxygens (including phenoxy) is 1. The van der Waals surface area contributed by atoms with Crippen molar-refractivity contribution < 1.29 is 23.8 Å². The summed E-state index contributed by atoms with van der Waals surface area (Å²) in [6, 6.07) is 17.5. The van der Waals surface area contributed by atoms with Gasteiger partial charge in [0.05, 0.1) is 28.4 Å². The molecule has 0 saturated carbocycles. The zero-order chi connectivity index (χ0) is 25.4. The molecule has 1 saturated heterocycles. The van der Waals surface area contributed by atoms with Crippen molar-refractivity contribution in [3.05, 3.63) is 94.8 Å². The fourth-order valence-corrected chi connectivity index (χ4v) is 5.21. The molecule has 0 bridgehead atoms. The molecule has 4 aromatic rings. The molecule has 2 heterocycles. The van der Waals surface area contributed by atoms with E-state index in [1.165, 1.54) is 23.1 Å². The quantitative estimate of drug-likeness (QED) is 0.194. The van der Waals surface area contributed by atoms with Gasteiger partial charge < -0.3 is 9.84 Å². The number of hydrogen-bond donors (Lipinski definition) is 1. The number of aryl methyl sites for hydroxylation is 1. The molecule has 1 aromatic heterocycles. The maximum absolute atomic E-state index is 13.8. The highest BCUT2D eigenvalue weighted by Gasteiger charge is 2.48. The van der Waals surface area contributed by atoms with Gasteiger partial charge in [0.1, 0.15) is 17.3 Å². The molecule has 1 atom stereocenters. The number of nitrogens with zero attached hydrogens (tertiary/aromatic N) is 2. The Kier molecular flexibility index (Phi) is 6.28. The Morgan fingerprint density at radius 2 is 1.89 bits per heavy atom. The average Bonchev–Trinajstić information content (AvgIpc) is 3.40. The minimum atomic E-state index is -0.906. The third kappa shape index (κ3) is 4.24. The average molecular weight is 503 g/mol. The molecule has 1 aliphatic heterocycles. The summed E-state index contributed by atoms with van der Waals surface area (Å²) in [6.07, 6.45) is 0.820. The van der Waals surface area contributed by atoms with Crippen molar-refractivity contribution in [1.82, 2.24) is 4.98 Å². The van der Waals surface area contributed by atoms with Crippen LogP contribution in [0.3, 0.4) is 0 Å². The highest BCUT2D eigenvalue weighted by atomic mass is 32.1. The van der Waals surface area contributed by atoms with Crippen molar-refractivity contribution in [3.63, 3.8) is 0 Å². The number of rotatable bonds is 6.